The third kappa shape index (κ3) is 6.19. The fourth-order valence-corrected chi connectivity index (χ4v) is 3.01. The quantitative estimate of drug-likeness (QED) is 0.780. The minimum atomic E-state index is -0.107. The van der Waals surface area contributed by atoms with Gasteiger partial charge in [-0.05, 0) is 44.6 Å². The van der Waals surface area contributed by atoms with Crippen molar-refractivity contribution in [3.63, 3.8) is 0 Å². The number of amides is 2. The number of benzene rings is 1. The molecule has 2 amide bonds. The van der Waals surface area contributed by atoms with Crippen LogP contribution in [-0.2, 0) is 16.1 Å². The molecule has 0 saturated heterocycles. The van der Waals surface area contributed by atoms with E-state index in [2.05, 4.69) is 17.5 Å². The zero-order valence-electron chi connectivity index (χ0n) is 14.8. The lowest BCUT2D eigenvalue weighted by Gasteiger charge is -2.22. The second-order valence-corrected chi connectivity index (χ2v) is 6.56. The number of hydrogen-bond donors (Lipinski definition) is 1. The molecular formula is C20H28N2O2. The SMILES string of the molecule is CC(=O)N(CCC1=CCCCC1)CC(=O)NCc1cccc(C)c1. The van der Waals surface area contributed by atoms with Gasteiger partial charge in [0, 0.05) is 20.0 Å². The summed E-state index contributed by atoms with van der Waals surface area (Å²) in [7, 11) is 0. The Morgan fingerprint density at radius 2 is 2.08 bits per heavy atom. The van der Waals surface area contributed by atoms with Crippen LogP contribution in [0.4, 0.5) is 0 Å². The van der Waals surface area contributed by atoms with Crippen LogP contribution < -0.4 is 5.32 Å². The zero-order chi connectivity index (χ0) is 17.4. The highest BCUT2D eigenvalue weighted by Gasteiger charge is 2.14. The van der Waals surface area contributed by atoms with Crippen molar-refractivity contribution in [1.82, 2.24) is 10.2 Å². The standard InChI is InChI=1S/C20H28N2O2/c1-16-7-6-10-19(13-16)14-21-20(24)15-22(17(2)23)12-11-18-8-4-3-5-9-18/h6-8,10,13H,3-5,9,11-12,14-15H2,1-2H3,(H,21,24). The molecule has 1 aliphatic rings. The molecule has 0 aromatic heterocycles. The normalized spacial score (nSPS) is 14.0. The van der Waals surface area contributed by atoms with Gasteiger partial charge in [0.05, 0.1) is 6.54 Å². The Morgan fingerprint density at radius 1 is 1.25 bits per heavy atom. The van der Waals surface area contributed by atoms with Gasteiger partial charge in [-0.15, -0.1) is 0 Å². The second kappa shape index (κ2) is 9.26. The lowest BCUT2D eigenvalue weighted by atomic mass is 9.97. The van der Waals surface area contributed by atoms with E-state index in [4.69, 9.17) is 0 Å². The van der Waals surface area contributed by atoms with E-state index in [1.54, 1.807) is 4.90 Å². The smallest absolute Gasteiger partial charge is 0.239 e. The lowest BCUT2D eigenvalue weighted by molar-refractivity contribution is -0.134. The van der Waals surface area contributed by atoms with Crippen molar-refractivity contribution in [2.45, 2.75) is 52.5 Å². The van der Waals surface area contributed by atoms with Crippen LogP contribution in [-0.4, -0.2) is 29.8 Å². The molecule has 1 aliphatic carbocycles. The maximum Gasteiger partial charge on any atom is 0.239 e. The summed E-state index contributed by atoms with van der Waals surface area (Å²) in [5.41, 5.74) is 3.67. The maximum absolute atomic E-state index is 12.1. The molecule has 0 unspecified atom stereocenters. The van der Waals surface area contributed by atoms with E-state index < -0.39 is 0 Å². The van der Waals surface area contributed by atoms with Crippen molar-refractivity contribution in [2.75, 3.05) is 13.1 Å². The summed E-state index contributed by atoms with van der Waals surface area (Å²) in [6.45, 7) is 4.82. The van der Waals surface area contributed by atoms with Crippen LogP contribution in [0.5, 0.6) is 0 Å². The van der Waals surface area contributed by atoms with E-state index in [9.17, 15) is 9.59 Å². The van der Waals surface area contributed by atoms with E-state index in [0.717, 1.165) is 24.8 Å². The van der Waals surface area contributed by atoms with Crippen molar-refractivity contribution in [3.8, 4) is 0 Å². The molecule has 4 heteroatoms. The first-order valence-corrected chi connectivity index (χ1v) is 8.80. The minimum absolute atomic E-state index is 0.0443. The number of hydrogen-bond acceptors (Lipinski definition) is 2. The number of rotatable bonds is 7. The van der Waals surface area contributed by atoms with Crippen molar-refractivity contribution in [1.29, 1.82) is 0 Å². The van der Waals surface area contributed by atoms with Gasteiger partial charge in [0.1, 0.15) is 0 Å². The number of aryl methyl sites for hydroxylation is 1. The predicted octanol–water partition coefficient (Wildman–Crippen LogP) is 3.35. The third-order valence-electron chi connectivity index (χ3n) is 4.44. The summed E-state index contributed by atoms with van der Waals surface area (Å²) in [6, 6.07) is 8.06. The van der Waals surface area contributed by atoms with Gasteiger partial charge in [-0.2, -0.15) is 0 Å². The van der Waals surface area contributed by atoms with Gasteiger partial charge >= 0.3 is 0 Å². The molecule has 1 aromatic carbocycles. The molecule has 130 valence electrons. The van der Waals surface area contributed by atoms with Crippen LogP contribution in [0.25, 0.3) is 0 Å². The summed E-state index contributed by atoms with van der Waals surface area (Å²) >= 11 is 0. The van der Waals surface area contributed by atoms with Crippen LogP contribution in [0.3, 0.4) is 0 Å². The third-order valence-corrected chi connectivity index (χ3v) is 4.44. The summed E-state index contributed by atoms with van der Waals surface area (Å²) in [4.78, 5) is 25.6. The Hall–Kier alpha value is -2.10. The molecule has 24 heavy (non-hydrogen) atoms. The molecule has 1 N–H and O–H groups in total. The summed E-state index contributed by atoms with van der Waals surface area (Å²) in [5.74, 6) is -0.151. The molecule has 4 nitrogen and oxygen atoms in total. The molecule has 2 rings (SSSR count). The molecule has 0 bridgehead atoms. The highest BCUT2D eigenvalue weighted by Crippen LogP contribution is 2.20. The number of carbonyl (C=O) groups is 2. The van der Waals surface area contributed by atoms with Crippen molar-refractivity contribution in [2.24, 2.45) is 0 Å². The topological polar surface area (TPSA) is 49.4 Å². The predicted molar refractivity (Wildman–Crippen MR) is 96.4 cm³/mol. The van der Waals surface area contributed by atoms with Crippen molar-refractivity contribution < 1.29 is 9.59 Å². The largest absolute Gasteiger partial charge is 0.350 e. The van der Waals surface area contributed by atoms with Gasteiger partial charge < -0.3 is 10.2 Å². The Bertz CT molecular complexity index is 607. The monoisotopic (exact) mass is 328 g/mol. The van der Waals surface area contributed by atoms with Gasteiger partial charge in [0.25, 0.3) is 0 Å². The first-order chi connectivity index (χ1) is 11.5. The van der Waals surface area contributed by atoms with E-state index in [0.29, 0.717) is 13.1 Å². The number of nitrogens with one attached hydrogen (secondary N) is 1. The molecular weight excluding hydrogens is 300 g/mol. The van der Waals surface area contributed by atoms with Gasteiger partial charge in [0.2, 0.25) is 11.8 Å². The van der Waals surface area contributed by atoms with Gasteiger partial charge in [0.15, 0.2) is 0 Å². The van der Waals surface area contributed by atoms with Gasteiger partial charge in [-0.3, -0.25) is 9.59 Å². The van der Waals surface area contributed by atoms with E-state index in [1.165, 1.54) is 30.9 Å². The number of allylic oxidation sites excluding steroid dienone is 1. The Kier molecular flexibility index (Phi) is 7.04. The minimum Gasteiger partial charge on any atom is -0.350 e. The fraction of sp³-hybridized carbons (Fsp3) is 0.500. The summed E-state index contributed by atoms with van der Waals surface area (Å²) in [6.07, 6.45) is 7.95. The van der Waals surface area contributed by atoms with E-state index >= 15 is 0 Å². The zero-order valence-corrected chi connectivity index (χ0v) is 14.8. The van der Waals surface area contributed by atoms with Crippen LogP contribution in [0.15, 0.2) is 35.9 Å². The molecule has 0 radical (unpaired) electrons. The summed E-state index contributed by atoms with van der Waals surface area (Å²) in [5, 5.41) is 2.90. The highest BCUT2D eigenvalue weighted by atomic mass is 16.2. The van der Waals surface area contributed by atoms with Crippen molar-refractivity contribution in [3.05, 3.63) is 47.0 Å². The number of nitrogens with zero attached hydrogens (tertiary/aromatic N) is 1. The van der Waals surface area contributed by atoms with Crippen LogP contribution in [0, 0.1) is 6.92 Å². The Labute approximate surface area is 144 Å². The van der Waals surface area contributed by atoms with Crippen molar-refractivity contribution >= 4 is 11.8 Å². The van der Waals surface area contributed by atoms with Crippen LogP contribution in [0.1, 0.15) is 50.2 Å². The first-order valence-electron chi connectivity index (χ1n) is 8.80. The molecule has 0 fully saturated rings. The van der Waals surface area contributed by atoms with Crippen LogP contribution in [0.2, 0.25) is 0 Å². The average molecular weight is 328 g/mol. The molecule has 1 aromatic rings. The van der Waals surface area contributed by atoms with Crippen LogP contribution >= 0.6 is 0 Å². The lowest BCUT2D eigenvalue weighted by Crippen LogP contribution is -2.40. The molecule has 0 aliphatic heterocycles. The van der Waals surface area contributed by atoms with E-state index in [-0.39, 0.29) is 18.4 Å². The average Bonchev–Trinajstić information content (AvgIpc) is 2.57. The molecule has 0 atom stereocenters. The Balaban J connectivity index is 1.79. The van der Waals surface area contributed by atoms with Gasteiger partial charge in [-0.1, -0.05) is 41.5 Å². The van der Waals surface area contributed by atoms with E-state index in [1.807, 2.05) is 25.1 Å². The van der Waals surface area contributed by atoms with Gasteiger partial charge in [-0.25, -0.2) is 0 Å². The molecule has 0 spiro atoms. The summed E-state index contributed by atoms with van der Waals surface area (Å²) < 4.78 is 0. The number of carbonyl (C=O) groups excluding carboxylic acids is 2. The highest BCUT2D eigenvalue weighted by molar-refractivity contribution is 5.83. The Morgan fingerprint density at radius 3 is 2.75 bits per heavy atom. The maximum atomic E-state index is 12.1. The first kappa shape index (κ1) is 18.2. The second-order valence-electron chi connectivity index (χ2n) is 6.56. The fourth-order valence-electron chi connectivity index (χ4n) is 3.01. The molecule has 0 saturated carbocycles. The molecule has 0 heterocycles.